The number of nitrogens with zero attached hydrogens (tertiary/aromatic N) is 2. The molecule has 138 valence electrons. The lowest BCUT2D eigenvalue weighted by Gasteiger charge is -2.13. The Hall–Kier alpha value is -2.99. The first-order chi connectivity index (χ1) is 13.2. The fraction of sp³-hybridized carbons (Fsp3) is 0.200. The molecule has 0 saturated heterocycles. The van der Waals surface area contributed by atoms with Crippen LogP contribution in [-0.4, -0.2) is 23.8 Å². The molecule has 0 spiro atoms. The smallest absolute Gasteiger partial charge is 0.261 e. The maximum absolute atomic E-state index is 13.1. The van der Waals surface area contributed by atoms with Gasteiger partial charge in [-0.25, -0.2) is 4.98 Å². The molecule has 0 N–H and O–H groups in total. The van der Waals surface area contributed by atoms with E-state index in [1.54, 1.807) is 30.9 Å². The summed E-state index contributed by atoms with van der Waals surface area (Å²) in [5.41, 5.74) is 1.68. The molecule has 0 amide bonds. The van der Waals surface area contributed by atoms with E-state index in [0.717, 1.165) is 10.9 Å². The summed E-state index contributed by atoms with van der Waals surface area (Å²) >= 11 is 5.91. The van der Waals surface area contributed by atoms with Gasteiger partial charge in [0.1, 0.15) is 17.0 Å². The second-order valence-electron chi connectivity index (χ2n) is 6.01. The third-order valence-electron chi connectivity index (χ3n) is 4.49. The molecule has 0 radical (unpaired) electrons. The number of ether oxygens (including phenoxy) is 2. The number of rotatable bonds is 5. The van der Waals surface area contributed by atoms with Crippen LogP contribution in [0, 0.1) is 0 Å². The molecule has 0 bridgehead atoms. The van der Waals surface area contributed by atoms with E-state index in [1.807, 2.05) is 30.3 Å². The van der Waals surface area contributed by atoms with Gasteiger partial charge in [-0.05, 0) is 18.2 Å². The Labute approximate surface area is 159 Å². The number of hydrogen-bond acceptors (Lipinski definition) is 5. The second kappa shape index (κ2) is 6.96. The summed E-state index contributed by atoms with van der Waals surface area (Å²) in [6.07, 6.45) is 0. The van der Waals surface area contributed by atoms with E-state index in [2.05, 4.69) is 4.98 Å². The van der Waals surface area contributed by atoms with E-state index >= 15 is 0 Å². The largest absolute Gasteiger partial charge is 0.497 e. The van der Waals surface area contributed by atoms with Gasteiger partial charge in [0.15, 0.2) is 0 Å². The molecule has 0 atom stereocenters. The zero-order valence-corrected chi connectivity index (χ0v) is 15.6. The molecule has 2 aromatic heterocycles. The normalized spacial score (nSPS) is 11.2. The molecule has 0 aliphatic heterocycles. The Kier molecular flexibility index (Phi) is 4.49. The minimum atomic E-state index is -0.159. The van der Waals surface area contributed by atoms with Crippen LogP contribution >= 0.6 is 11.6 Å². The quantitative estimate of drug-likeness (QED) is 0.487. The van der Waals surface area contributed by atoms with Crippen LogP contribution in [-0.2, 0) is 12.4 Å². The first kappa shape index (κ1) is 17.4. The highest BCUT2D eigenvalue weighted by Crippen LogP contribution is 2.28. The Bertz CT molecular complexity index is 1200. The van der Waals surface area contributed by atoms with Crippen LogP contribution in [0.1, 0.15) is 11.5 Å². The summed E-state index contributed by atoms with van der Waals surface area (Å²) in [6.45, 7) is 0.268. The van der Waals surface area contributed by atoms with Crippen molar-refractivity contribution >= 4 is 33.6 Å². The maximum atomic E-state index is 13.1. The minimum Gasteiger partial charge on any atom is -0.497 e. The third-order valence-corrected chi connectivity index (χ3v) is 4.72. The van der Waals surface area contributed by atoms with E-state index in [1.165, 1.54) is 0 Å². The SMILES string of the molecule is COc1ccc(Cn2c(=O)c3ccccc3c3nc(CCl)oc32)c(OC)c1. The van der Waals surface area contributed by atoms with Gasteiger partial charge in [0.2, 0.25) is 11.6 Å². The molecule has 0 fully saturated rings. The van der Waals surface area contributed by atoms with Crippen molar-refractivity contribution in [2.24, 2.45) is 0 Å². The number of pyridine rings is 1. The summed E-state index contributed by atoms with van der Waals surface area (Å²) in [6, 6.07) is 12.8. The highest BCUT2D eigenvalue weighted by atomic mass is 35.5. The predicted molar refractivity (Wildman–Crippen MR) is 104 cm³/mol. The number of halogens is 1. The molecule has 2 aromatic carbocycles. The van der Waals surface area contributed by atoms with Crippen molar-refractivity contribution in [3.63, 3.8) is 0 Å². The third kappa shape index (κ3) is 2.92. The van der Waals surface area contributed by atoms with Gasteiger partial charge in [-0.3, -0.25) is 9.36 Å². The van der Waals surface area contributed by atoms with E-state index in [0.29, 0.717) is 34.0 Å². The molecule has 0 unspecified atom stereocenters. The molecule has 7 heteroatoms. The molecule has 27 heavy (non-hydrogen) atoms. The van der Waals surface area contributed by atoms with Gasteiger partial charge in [0, 0.05) is 22.4 Å². The zero-order chi connectivity index (χ0) is 19.0. The summed E-state index contributed by atoms with van der Waals surface area (Å²) in [4.78, 5) is 17.6. The number of alkyl halides is 1. The lowest BCUT2D eigenvalue weighted by molar-refractivity contribution is 0.390. The molecule has 4 aromatic rings. The highest BCUT2D eigenvalue weighted by Gasteiger charge is 2.18. The molecule has 0 aliphatic carbocycles. The van der Waals surface area contributed by atoms with Crippen LogP contribution in [0.15, 0.2) is 51.7 Å². The molecular formula is C20H17ClN2O4. The van der Waals surface area contributed by atoms with Gasteiger partial charge >= 0.3 is 0 Å². The molecule has 2 heterocycles. The summed E-state index contributed by atoms with van der Waals surface area (Å²) in [5, 5.41) is 1.32. The minimum absolute atomic E-state index is 0.128. The Morgan fingerprint density at radius 1 is 1.11 bits per heavy atom. The average molecular weight is 385 g/mol. The first-order valence-electron chi connectivity index (χ1n) is 8.34. The van der Waals surface area contributed by atoms with E-state index in [4.69, 9.17) is 25.5 Å². The molecule has 6 nitrogen and oxygen atoms in total. The number of aromatic nitrogens is 2. The first-order valence-corrected chi connectivity index (χ1v) is 8.87. The lowest BCUT2D eigenvalue weighted by Crippen LogP contribution is -2.21. The van der Waals surface area contributed by atoms with Crippen LogP contribution in [0.25, 0.3) is 22.0 Å². The summed E-state index contributed by atoms with van der Waals surface area (Å²) < 4.78 is 18.0. The van der Waals surface area contributed by atoms with Gasteiger partial charge in [-0.15, -0.1) is 11.6 Å². The second-order valence-corrected chi connectivity index (χ2v) is 6.28. The molecule has 0 aliphatic rings. The van der Waals surface area contributed by atoms with Crippen molar-refractivity contribution in [3.05, 3.63) is 64.3 Å². The van der Waals surface area contributed by atoms with Crippen LogP contribution in [0.2, 0.25) is 0 Å². The van der Waals surface area contributed by atoms with Crippen LogP contribution in [0.3, 0.4) is 0 Å². The Balaban J connectivity index is 1.97. The van der Waals surface area contributed by atoms with Crippen LogP contribution in [0.4, 0.5) is 0 Å². The topological polar surface area (TPSA) is 66.5 Å². The number of fused-ring (bicyclic) bond motifs is 3. The number of methoxy groups -OCH3 is 2. The standard InChI is InChI=1S/C20H17ClN2O4/c1-25-13-8-7-12(16(9-13)26-2)11-23-19(24)15-6-4-3-5-14(15)18-20(23)27-17(10-21)22-18/h3-9H,10-11H2,1-2H3. The van der Waals surface area contributed by atoms with Crippen molar-refractivity contribution in [1.82, 2.24) is 9.55 Å². The van der Waals surface area contributed by atoms with Gasteiger partial charge in [-0.1, -0.05) is 18.2 Å². The van der Waals surface area contributed by atoms with Crippen molar-refractivity contribution in [2.75, 3.05) is 14.2 Å². The Morgan fingerprint density at radius 3 is 2.59 bits per heavy atom. The lowest BCUT2D eigenvalue weighted by atomic mass is 10.1. The highest BCUT2D eigenvalue weighted by molar-refractivity contribution is 6.16. The molecular weight excluding hydrogens is 368 g/mol. The van der Waals surface area contributed by atoms with Crippen molar-refractivity contribution in [1.29, 1.82) is 0 Å². The van der Waals surface area contributed by atoms with Crippen molar-refractivity contribution in [3.8, 4) is 11.5 Å². The van der Waals surface area contributed by atoms with E-state index < -0.39 is 0 Å². The fourth-order valence-corrected chi connectivity index (χ4v) is 3.30. The van der Waals surface area contributed by atoms with Gasteiger partial charge in [-0.2, -0.15) is 0 Å². The van der Waals surface area contributed by atoms with Crippen LogP contribution < -0.4 is 15.0 Å². The Morgan fingerprint density at radius 2 is 1.89 bits per heavy atom. The van der Waals surface area contributed by atoms with Gasteiger partial charge in [0.25, 0.3) is 5.56 Å². The molecule has 0 saturated carbocycles. The van der Waals surface area contributed by atoms with Crippen molar-refractivity contribution < 1.29 is 13.9 Å². The van der Waals surface area contributed by atoms with Crippen molar-refractivity contribution in [2.45, 2.75) is 12.4 Å². The number of oxazole rings is 1. The average Bonchev–Trinajstić information content (AvgIpc) is 3.15. The number of benzene rings is 2. The maximum Gasteiger partial charge on any atom is 0.261 e. The van der Waals surface area contributed by atoms with Gasteiger partial charge < -0.3 is 13.9 Å². The van der Waals surface area contributed by atoms with Gasteiger partial charge in [0.05, 0.1) is 26.6 Å². The van der Waals surface area contributed by atoms with Crippen LogP contribution in [0.5, 0.6) is 11.5 Å². The summed E-state index contributed by atoms with van der Waals surface area (Å²) in [5.74, 6) is 1.80. The zero-order valence-electron chi connectivity index (χ0n) is 14.9. The van der Waals surface area contributed by atoms with E-state index in [9.17, 15) is 4.79 Å². The predicted octanol–water partition coefficient (Wildman–Crippen LogP) is 3.95. The monoisotopic (exact) mass is 384 g/mol. The molecule has 4 rings (SSSR count). The van der Waals surface area contributed by atoms with E-state index in [-0.39, 0.29) is 18.0 Å². The number of hydrogen-bond donors (Lipinski definition) is 0. The fourth-order valence-electron chi connectivity index (χ4n) is 3.18. The summed E-state index contributed by atoms with van der Waals surface area (Å²) in [7, 11) is 3.17.